The molecule has 0 aromatic carbocycles. The van der Waals surface area contributed by atoms with Crippen LogP contribution in [0.1, 0.15) is 13.3 Å². The molecule has 174 valence electrons. The Labute approximate surface area is 174 Å². The number of hydrogen-bond donors (Lipinski definition) is 7. The van der Waals surface area contributed by atoms with Gasteiger partial charge in [-0.15, -0.1) is 0 Å². The Kier molecular flexibility index (Phi) is 7.67. The van der Waals surface area contributed by atoms with Gasteiger partial charge in [-0.25, -0.2) is 13.7 Å². The summed E-state index contributed by atoms with van der Waals surface area (Å²) in [6.07, 6.45) is -4.47. The molecule has 0 aromatic heterocycles. The smallest absolute Gasteiger partial charge is 0.387 e. The standard InChI is InChI=1S/C10H19N2O14P3S/c1-10(15)7(14)5(24-8(10)12-3-2-6(13)11-9(12)30)4-23-28(19,20)26-29(21,22)25-27(16,17)18/h5,7-8,14-15H,2-4H2,1H3,(H,19,20)(H,21,22)(H,11,13,30)(H2,16,17,18)/t5-,7?,8-,10-/m1/s1. The second-order valence-corrected chi connectivity index (χ2v) is 11.2. The molecule has 16 nitrogen and oxygen atoms in total. The Morgan fingerprint density at radius 2 is 1.83 bits per heavy atom. The first-order valence-corrected chi connectivity index (χ1v) is 12.8. The summed E-state index contributed by atoms with van der Waals surface area (Å²) in [6.45, 7) is 0.247. The van der Waals surface area contributed by atoms with Gasteiger partial charge in [-0.2, -0.15) is 8.62 Å². The highest BCUT2D eigenvalue weighted by molar-refractivity contribution is 7.80. The van der Waals surface area contributed by atoms with Crippen molar-refractivity contribution >= 4 is 46.7 Å². The van der Waals surface area contributed by atoms with Crippen molar-refractivity contribution < 1.29 is 66.2 Å². The van der Waals surface area contributed by atoms with E-state index >= 15 is 0 Å². The molecule has 2 fully saturated rings. The third-order valence-corrected chi connectivity index (χ3v) is 8.08. The van der Waals surface area contributed by atoms with E-state index in [9.17, 15) is 33.6 Å². The average molecular weight is 516 g/mol. The zero-order chi connectivity index (χ0) is 23.1. The van der Waals surface area contributed by atoms with Crippen LogP contribution in [0.2, 0.25) is 0 Å². The molecule has 2 aliphatic heterocycles. The lowest BCUT2D eigenvalue weighted by Gasteiger charge is -2.39. The van der Waals surface area contributed by atoms with Crippen LogP contribution in [0.4, 0.5) is 0 Å². The van der Waals surface area contributed by atoms with Crippen LogP contribution in [0.15, 0.2) is 0 Å². The van der Waals surface area contributed by atoms with Crippen molar-refractivity contribution in [1.29, 1.82) is 0 Å². The van der Waals surface area contributed by atoms with Crippen molar-refractivity contribution in [2.45, 2.75) is 37.4 Å². The molecule has 2 saturated heterocycles. The fourth-order valence-corrected chi connectivity index (χ4v) is 6.02. The van der Waals surface area contributed by atoms with Gasteiger partial charge in [0.15, 0.2) is 11.3 Å². The minimum Gasteiger partial charge on any atom is -0.387 e. The van der Waals surface area contributed by atoms with Crippen molar-refractivity contribution in [2.24, 2.45) is 0 Å². The minimum absolute atomic E-state index is 0.0123. The first-order chi connectivity index (χ1) is 13.4. The van der Waals surface area contributed by atoms with E-state index < -0.39 is 54.1 Å². The largest absolute Gasteiger partial charge is 0.490 e. The van der Waals surface area contributed by atoms with Gasteiger partial charge in [0.25, 0.3) is 0 Å². The van der Waals surface area contributed by atoms with Gasteiger partial charge in [0.05, 0.1) is 6.61 Å². The van der Waals surface area contributed by atoms with Crippen molar-refractivity contribution in [3.8, 4) is 0 Å². The second-order valence-electron chi connectivity index (χ2n) is 6.38. The van der Waals surface area contributed by atoms with Crippen molar-refractivity contribution in [3.63, 3.8) is 0 Å². The number of carbonyl (C=O) groups excluding carboxylic acids is 1. The van der Waals surface area contributed by atoms with E-state index in [4.69, 9.17) is 31.6 Å². The normalized spacial score (nSPS) is 34.4. The van der Waals surface area contributed by atoms with Gasteiger partial charge in [-0.3, -0.25) is 9.32 Å². The highest BCUT2D eigenvalue weighted by atomic mass is 32.1. The van der Waals surface area contributed by atoms with E-state index in [1.54, 1.807) is 0 Å². The molecule has 20 heteroatoms. The van der Waals surface area contributed by atoms with Crippen LogP contribution < -0.4 is 5.32 Å². The van der Waals surface area contributed by atoms with Gasteiger partial charge in [-0.1, -0.05) is 0 Å². The SMILES string of the molecule is C[C@@]1(O)C(O)[C@@H](COP(=O)(O)OP(=O)(O)OP(=O)(O)O)O[C@H]1N1CCC(=O)NC1=S. The van der Waals surface area contributed by atoms with Crippen molar-refractivity contribution in [3.05, 3.63) is 0 Å². The summed E-state index contributed by atoms with van der Waals surface area (Å²) in [6, 6.07) is 0. The van der Waals surface area contributed by atoms with Gasteiger partial charge >= 0.3 is 23.5 Å². The molecule has 2 aliphatic rings. The number of phosphoric acid groups is 3. The summed E-state index contributed by atoms with van der Waals surface area (Å²) in [5, 5.41) is 23.1. The molecule has 1 amide bonds. The molecule has 7 N–H and O–H groups in total. The van der Waals surface area contributed by atoms with Crippen LogP contribution >= 0.6 is 35.7 Å². The predicted octanol–water partition coefficient (Wildman–Crippen LogP) is -1.73. The van der Waals surface area contributed by atoms with E-state index in [2.05, 4.69) is 18.5 Å². The molecule has 0 saturated carbocycles. The molecule has 0 bridgehead atoms. The summed E-state index contributed by atoms with van der Waals surface area (Å²) in [4.78, 5) is 48.2. The third kappa shape index (κ3) is 6.58. The predicted molar refractivity (Wildman–Crippen MR) is 97.2 cm³/mol. The minimum atomic E-state index is -5.71. The quantitative estimate of drug-likeness (QED) is 0.140. The Hall–Kier alpha value is -0.350. The number of amides is 1. The van der Waals surface area contributed by atoms with Crippen LogP contribution in [0.25, 0.3) is 0 Å². The van der Waals surface area contributed by atoms with Crippen LogP contribution in [-0.2, 0) is 36.4 Å². The van der Waals surface area contributed by atoms with Crippen LogP contribution in [-0.4, -0.2) is 82.9 Å². The Morgan fingerprint density at radius 3 is 2.37 bits per heavy atom. The zero-order valence-electron chi connectivity index (χ0n) is 15.0. The average Bonchev–Trinajstić information content (AvgIpc) is 2.73. The molecular formula is C10H19N2O14P3S. The maximum absolute atomic E-state index is 11.8. The van der Waals surface area contributed by atoms with Crippen molar-refractivity contribution in [1.82, 2.24) is 10.2 Å². The van der Waals surface area contributed by atoms with Crippen molar-refractivity contribution in [2.75, 3.05) is 13.2 Å². The van der Waals surface area contributed by atoms with Crippen LogP contribution in [0.5, 0.6) is 0 Å². The van der Waals surface area contributed by atoms with E-state index in [1.807, 2.05) is 0 Å². The summed E-state index contributed by atoms with van der Waals surface area (Å²) in [7, 11) is -16.7. The van der Waals surface area contributed by atoms with Gasteiger partial charge in [0.2, 0.25) is 5.91 Å². The number of nitrogens with one attached hydrogen (secondary N) is 1. The first kappa shape index (κ1) is 25.9. The lowest BCUT2D eigenvalue weighted by molar-refractivity contribution is -0.129. The fourth-order valence-electron chi connectivity index (χ4n) is 2.69. The second kappa shape index (κ2) is 8.89. The van der Waals surface area contributed by atoms with Crippen LogP contribution in [0, 0.1) is 0 Å². The Balaban J connectivity index is 2.04. The summed E-state index contributed by atoms with van der Waals surface area (Å²) < 4.78 is 50.7. The molecule has 2 heterocycles. The summed E-state index contributed by atoms with van der Waals surface area (Å²) >= 11 is 5.00. The summed E-state index contributed by atoms with van der Waals surface area (Å²) in [5.41, 5.74) is -1.99. The number of ether oxygens (including phenoxy) is 1. The van der Waals surface area contributed by atoms with E-state index in [-0.39, 0.29) is 24.0 Å². The monoisotopic (exact) mass is 516 g/mol. The maximum Gasteiger partial charge on any atom is 0.490 e. The lowest BCUT2D eigenvalue weighted by atomic mass is 9.96. The van der Waals surface area contributed by atoms with E-state index in [0.29, 0.717) is 0 Å². The number of aliphatic hydroxyl groups excluding tert-OH is 1. The van der Waals surface area contributed by atoms with Gasteiger partial charge < -0.3 is 44.7 Å². The number of rotatable bonds is 8. The molecule has 6 atom stereocenters. The van der Waals surface area contributed by atoms with Gasteiger partial charge in [0.1, 0.15) is 17.8 Å². The highest BCUT2D eigenvalue weighted by Crippen LogP contribution is 2.66. The maximum atomic E-state index is 11.8. The molecule has 30 heavy (non-hydrogen) atoms. The molecule has 0 aliphatic carbocycles. The molecular weight excluding hydrogens is 497 g/mol. The number of hydrogen-bond acceptors (Lipinski definition) is 11. The molecule has 0 aromatic rings. The third-order valence-electron chi connectivity index (χ3n) is 3.94. The lowest BCUT2D eigenvalue weighted by Crippen LogP contribution is -2.60. The Morgan fingerprint density at radius 1 is 1.23 bits per heavy atom. The number of aliphatic hydroxyl groups is 2. The summed E-state index contributed by atoms with van der Waals surface area (Å²) in [5.74, 6) is -0.362. The number of thiocarbonyl (C=S) groups is 1. The topological polar surface area (TPSA) is 242 Å². The van der Waals surface area contributed by atoms with Crippen LogP contribution in [0.3, 0.4) is 0 Å². The molecule has 3 unspecified atom stereocenters. The Bertz CT molecular complexity index is 846. The fraction of sp³-hybridized carbons (Fsp3) is 0.800. The van der Waals surface area contributed by atoms with E-state index in [0.717, 1.165) is 0 Å². The molecule has 0 spiro atoms. The van der Waals surface area contributed by atoms with Gasteiger partial charge in [-0.05, 0) is 19.1 Å². The highest BCUT2D eigenvalue weighted by Gasteiger charge is 2.56. The molecule has 2 rings (SSSR count). The number of nitrogens with zero attached hydrogens (tertiary/aromatic N) is 1. The number of phosphoric ester groups is 1. The number of carbonyl (C=O) groups is 1. The van der Waals surface area contributed by atoms with E-state index in [1.165, 1.54) is 11.8 Å². The first-order valence-electron chi connectivity index (χ1n) is 7.88. The van der Waals surface area contributed by atoms with Gasteiger partial charge in [0, 0.05) is 13.0 Å². The zero-order valence-corrected chi connectivity index (χ0v) is 18.5. The molecule has 0 radical (unpaired) electrons.